The predicted octanol–water partition coefficient (Wildman–Crippen LogP) is 2.56. The first-order valence-corrected chi connectivity index (χ1v) is 4.66. The minimum atomic E-state index is 0.523. The zero-order chi connectivity index (χ0) is 7.73. The van der Waals surface area contributed by atoms with E-state index in [4.69, 9.17) is 0 Å². The lowest BCUT2D eigenvalue weighted by Crippen LogP contribution is -2.31. The molecular formula is C10H15N. The highest BCUT2D eigenvalue weighted by Gasteiger charge is 2.39. The normalized spacial score (nSPS) is 32.3. The van der Waals surface area contributed by atoms with Crippen molar-refractivity contribution in [3.8, 4) is 0 Å². The van der Waals surface area contributed by atoms with Gasteiger partial charge in [-0.25, -0.2) is 4.99 Å². The fraction of sp³-hybridized carbons (Fsp3) is 0.800. The molecule has 1 heteroatoms. The van der Waals surface area contributed by atoms with Crippen molar-refractivity contribution in [3.63, 3.8) is 0 Å². The Morgan fingerprint density at radius 1 is 1.55 bits per heavy atom. The summed E-state index contributed by atoms with van der Waals surface area (Å²) in [6.45, 7) is 2.30. The zero-order valence-electron chi connectivity index (χ0n) is 7.14. The molecule has 1 unspecified atom stereocenters. The highest BCUT2D eigenvalue weighted by atomic mass is 14.8. The Balaban J connectivity index is 2.10. The van der Waals surface area contributed by atoms with Gasteiger partial charge in [-0.05, 0) is 30.5 Å². The number of nitrogens with zero attached hydrogens (tertiary/aromatic N) is 1. The lowest BCUT2D eigenvalue weighted by molar-refractivity contribution is 0.250. The fourth-order valence-corrected chi connectivity index (χ4v) is 2.40. The Bertz CT molecular complexity index is 197. The monoisotopic (exact) mass is 149 g/mol. The summed E-state index contributed by atoms with van der Waals surface area (Å²) in [5.41, 5.74) is 0.547. The van der Waals surface area contributed by atoms with Gasteiger partial charge in [0, 0.05) is 6.08 Å². The van der Waals surface area contributed by atoms with Gasteiger partial charge in [-0.2, -0.15) is 0 Å². The van der Waals surface area contributed by atoms with E-state index in [9.17, 15) is 0 Å². The molecule has 1 aliphatic heterocycles. The SMILES string of the molecule is CCC1(C2C=C=N2)CCCC1. The zero-order valence-corrected chi connectivity index (χ0v) is 7.14. The van der Waals surface area contributed by atoms with Gasteiger partial charge in [0.05, 0.1) is 6.04 Å². The summed E-state index contributed by atoms with van der Waals surface area (Å²) in [5, 5.41) is 0. The third-order valence-corrected chi connectivity index (χ3v) is 3.38. The minimum Gasteiger partial charge on any atom is -0.235 e. The van der Waals surface area contributed by atoms with E-state index in [1.807, 2.05) is 0 Å². The molecule has 1 saturated carbocycles. The third-order valence-electron chi connectivity index (χ3n) is 3.38. The maximum absolute atomic E-state index is 4.29. The van der Waals surface area contributed by atoms with E-state index in [0.29, 0.717) is 11.5 Å². The van der Waals surface area contributed by atoms with Gasteiger partial charge in [-0.3, -0.25) is 0 Å². The average Bonchev–Trinajstić information content (AvgIpc) is 2.34. The second-order valence-corrected chi connectivity index (χ2v) is 3.79. The van der Waals surface area contributed by atoms with E-state index in [1.165, 1.54) is 32.1 Å². The van der Waals surface area contributed by atoms with Crippen molar-refractivity contribution in [2.75, 3.05) is 0 Å². The first-order valence-electron chi connectivity index (χ1n) is 4.66. The summed E-state index contributed by atoms with van der Waals surface area (Å²) in [7, 11) is 0. The molecule has 0 aromatic rings. The molecule has 0 amide bonds. The summed E-state index contributed by atoms with van der Waals surface area (Å²) in [6, 6.07) is 0.523. The number of rotatable bonds is 2. The van der Waals surface area contributed by atoms with E-state index in [-0.39, 0.29) is 0 Å². The van der Waals surface area contributed by atoms with Gasteiger partial charge in [0.25, 0.3) is 0 Å². The van der Waals surface area contributed by atoms with Crippen LogP contribution in [-0.4, -0.2) is 11.9 Å². The molecule has 0 aromatic carbocycles. The molecule has 1 atom stereocenters. The summed E-state index contributed by atoms with van der Waals surface area (Å²) >= 11 is 0. The maximum atomic E-state index is 4.29. The number of aliphatic imine (C=N–C) groups is 1. The van der Waals surface area contributed by atoms with Crippen molar-refractivity contribution in [3.05, 3.63) is 6.08 Å². The van der Waals surface area contributed by atoms with Crippen LogP contribution in [0.4, 0.5) is 0 Å². The summed E-state index contributed by atoms with van der Waals surface area (Å²) in [4.78, 5) is 4.29. The lowest BCUT2D eigenvalue weighted by atomic mass is 9.75. The molecule has 2 rings (SSSR count). The first-order chi connectivity index (χ1) is 5.37. The van der Waals surface area contributed by atoms with Crippen LogP contribution in [0.25, 0.3) is 0 Å². The van der Waals surface area contributed by atoms with Crippen LogP contribution in [0.15, 0.2) is 11.1 Å². The fourth-order valence-electron chi connectivity index (χ4n) is 2.40. The molecule has 1 aliphatic carbocycles. The highest BCUT2D eigenvalue weighted by molar-refractivity contribution is 5.60. The summed E-state index contributed by atoms with van der Waals surface area (Å²) in [5.74, 6) is 2.90. The molecule has 1 nitrogen and oxygen atoms in total. The largest absolute Gasteiger partial charge is 0.235 e. The van der Waals surface area contributed by atoms with E-state index in [2.05, 4.69) is 23.9 Å². The van der Waals surface area contributed by atoms with Gasteiger partial charge in [0.1, 0.15) is 0 Å². The van der Waals surface area contributed by atoms with Gasteiger partial charge >= 0.3 is 0 Å². The van der Waals surface area contributed by atoms with Gasteiger partial charge < -0.3 is 0 Å². The van der Waals surface area contributed by atoms with Crippen molar-refractivity contribution >= 4 is 5.87 Å². The van der Waals surface area contributed by atoms with Gasteiger partial charge in [-0.15, -0.1) is 0 Å². The Morgan fingerprint density at radius 2 is 2.18 bits per heavy atom. The molecule has 0 radical (unpaired) electrons. The second-order valence-electron chi connectivity index (χ2n) is 3.79. The van der Waals surface area contributed by atoms with Crippen LogP contribution >= 0.6 is 0 Å². The van der Waals surface area contributed by atoms with E-state index in [0.717, 1.165) is 0 Å². The van der Waals surface area contributed by atoms with E-state index >= 15 is 0 Å². The molecule has 60 valence electrons. The molecule has 0 N–H and O–H groups in total. The smallest absolute Gasteiger partial charge is 0.0918 e. The molecule has 0 aromatic heterocycles. The summed E-state index contributed by atoms with van der Waals surface area (Å²) < 4.78 is 0. The molecule has 0 bridgehead atoms. The molecule has 1 fully saturated rings. The summed E-state index contributed by atoms with van der Waals surface area (Å²) in [6.07, 6.45) is 9.03. The predicted molar refractivity (Wildman–Crippen MR) is 47.0 cm³/mol. The Labute approximate surface area is 68.2 Å². The van der Waals surface area contributed by atoms with Crippen molar-refractivity contribution in [1.29, 1.82) is 0 Å². The highest BCUT2D eigenvalue weighted by Crippen LogP contribution is 2.46. The minimum absolute atomic E-state index is 0.523. The van der Waals surface area contributed by atoms with Gasteiger partial charge in [-0.1, -0.05) is 19.8 Å². The van der Waals surface area contributed by atoms with Gasteiger partial charge in [0.2, 0.25) is 0 Å². The lowest BCUT2D eigenvalue weighted by Gasteiger charge is -2.33. The van der Waals surface area contributed by atoms with Crippen LogP contribution in [0.3, 0.4) is 0 Å². The molecular weight excluding hydrogens is 134 g/mol. The van der Waals surface area contributed by atoms with Crippen LogP contribution in [0, 0.1) is 5.41 Å². The molecule has 0 spiro atoms. The topological polar surface area (TPSA) is 12.4 Å². The van der Waals surface area contributed by atoms with Gasteiger partial charge in [0.15, 0.2) is 0 Å². The van der Waals surface area contributed by atoms with Crippen LogP contribution in [-0.2, 0) is 0 Å². The van der Waals surface area contributed by atoms with Crippen LogP contribution in [0.1, 0.15) is 39.0 Å². The van der Waals surface area contributed by atoms with Crippen molar-refractivity contribution in [2.45, 2.75) is 45.1 Å². The van der Waals surface area contributed by atoms with E-state index < -0.39 is 0 Å². The van der Waals surface area contributed by atoms with Crippen molar-refractivity contribution in [2.24, 2.45) is 10.4 Å². The Hall–Kier alpha value is -0.550. The molecule has 11 heavy (non-hydrogen) atoms. The molecule has 1 heterocycles. The standard InChI is InChI=1S/C10H15N/c1-2-10(6-3-4-7-10)9-5-8-11-9/h5,9H,2-4,6-7H2,1H3. The third kappa shape index (κ3) is 0.954. The first kappa shape index (κ1) is 7.12. The van der Waals surface area contributed by atoms with Crippen LogP contribution in [0.5, 0.6) is 0 Å². The quantitative estimate of drug-likeness (QED) is 0.572. The van der Waals surface area contributed by atoms with Crippen molar-refractivity contribution in [1.82, 2.24) is 0 Å². The average molecular weight is 149 g/mol. The van der Waals surface area contributed by atoms with Crippen molar-refractivity contribution < 1.29 is 0 Å². The van der Waals surface area contributed by atoms with E-state index in [1.54, 1.807) is 0 Å². The van der Waals surface area contributed by atoms with Crippen LogP contribution in [0.2, 0.25) is 0 Å². The number of hydrogen-bond donors (Lipinski definition) is 0. The second kappa shape index (κ2) is 2.49. The maximum Gasteiger partial charge on any atom is 0.0918 e. The Kier molecular flexibility index (Phi) is 1.61. The molecule has 2 aliphatic rings. The number of hydrogen-bond acceptors (Lipinski definition) is 1. The molecule has 0 saturated heterocycles. The Morgan fingerprint density at radius 3 is 2.55 bits per heavy atom. The van der Waals surface area contributed by atoms with Crippen LogP contribution < -0.4 is 0 Å².